The summed E-state index contributed by atoms with van der Waals surface area (Å²) in [6.45, 7) is 4.35. The average molecular weight is 278 g/mol. The highest BCUT2D eigenvalue weighted by Crippen LogP contribution is 2.21. The fraction of sp³-hybridized carbons (Fsp3) is 0.357. The first-order chi connectivity index (χ1) is 8.70. The molecule has 1 heterocycles. The molecule has 2 rings (SSSR count). The molecule has 0 amide bonds. The van der Waals surface area contributed by atoms with Gasteiger partial charge in [0.05, 0.1) is 11.2 Å². The van der Waals surface area contributed by atoms with Crippen molar-refractivity contribution in [3.05, 3.63) is 46.4 Å². The first kappa shape index (κ1) is 13.6. The van der Waals surface area contributed by atoms with Crippen LogP contribution in [-0.2, 0) is 0 Å². The highest BCUT2D eigenvalue weighted by Gasteiger charge is 2.12. The molecular formula is C14H18N2S2. The van der Waals surface area contributed by atoms with Gasteiger partial charge in [-0.1, -0.05) is 12.1 Å². The Morgan fingerprint density at radius 1 is 1.17 bits per heavy atom. The maximum Gasteiger partial charge on any atom is 0.0795 e. The van der Waals surface area contributed by atoms with E-state index in [1.54, 1.807) is 23.1 Å². The van der Waals surface area contributed by atoms with Crippen LogP contribution < -0.4 is 5.32 Å². The van der Waals surface area contributed by atoms with Crippen molar-refractivity contribution in [2.45, 2.75) is 30.8 Å². The van der Waals surface area contributed by atoms with Gasteiger partial charge in [0.2, 0.25) is 0 Å². The van der Waals surface area contributed by atoms with Crippen LogP contribution in [0.25, 0.3) is 0 Å². The molecule has 4 heteroatoms. The number of benzene rings is 1. The number of hydrogen-bond acceptors (Lipinski definition) is 4. The lowest BCUT2D eigenvalue weighted by Crippen LogP contribution is -2.22. The predicted octanol–water partition coefficient (Wildman–Crippen LogP) is 4.28. The van der Waals surface area contributed by atoms with Crippen molar-refractivity contribution < 1.29 is 0 Å². The quantitative estimate of drug-likeness (QED) is 0.826. The normalized spacial score (nSPS) is 14.4. The maximum absolute atomic E-state index is 4.34. The monoisotopic (exact) mass is 278 g/mol. The number of thioether (sulfide) groups is 1. The molecule has 2 aromatic rings. The Morgan fingerprint density at radius 3 is 2.44 bits per heavy atom. The molecule has 18 heavy (non-hydrogen) atoms. The second-order valence-electron chi connectivity index (χ2n) is 4.30. The summed E-state index contributed by atoms with van der Waals surface area (Å²) in [4.78, 5) is 5.65. The van der Waals surface area contributed by atoms with Crippen LogP contribution in [0.4, 0.5) is 0 Å². The van der Waals surface area contributed by atoms with Crippen LogP contribution in [0.1, 0.15) is 37.2 Å². The minimum Gasteiger partial charge on any atom is -0.302 e. The van der Waals surface area contributed by atoms with E-state index in [-0.39, 0.29) is 6.04 Å². The lowest BCUT2D eigenvalue weighted by Gasteiger charge is -2.19. The van der Waals surface area contributed by atoms with E-state index >= 15 is 0 Å². The summed E-state index contributed by atoms with van der Waals surface area (Å²) in [6.07, 6.45) is 2.10. The lowest BCUT2D eigenvalue weighted by molar-refractivity contribution is 0.488. The highest BCUT2D eigenvalue weighted by molar-refractivity contribution is 7.98. The molecule has 1 N–H and O–H groups in total. The van der Waals surface area contributed by atoms with Crippen molar-refractivity contribution >= 4 is 23.1 Å². The van der Waals surface area contributed by atoms with Crippen LogP contribution in [0, 0.1) is 0 Å². The minimum atomic E-state index is 0.284. The van der Waals surface area contributed by atoms with Gasteiger partial charge in [0, 0.05) is 22.4 Å². The van der Waals surface area contributed by atoms with Gasteiger partial charge >= 0.3 is 0 Å². The molecule has 0 aliphatic carbocycles. The second-order valence-corrected chi connectivity index (χ2v) is 5.89. The molecule has 0 aliphatic rings. The Balaban J connectivity index is 2.00. The summed E-state index contributed by atoms with van der Waals surface area (Å²) in [6, 6.07) is 9.34. The number of rotatable bonds is 5. The van der Waals surface area contributed by atoms with Crippen molar-refractivity contribution in [2.75, 3.05) is 6.26 Å². The van der Waals surface area contributed by atoms with Gasteiger partial charge in [0.25, 0.3) is 0 Å². The molecule has 0 bridgehead atoms. The van der Waals surface area contributed by atoms with E-state index in [0.717, 1.165) is 5.69 Å². The number of nitrogens with one attached hydrogen (secondary N) is 1. The maximum atomic E-state index is 4.34. The molecule has 2 atom stereocenters. The summed E-state index contributed by atoms with van der Waals surface area (Å²) in [5.41, 5.74) is 4.31. The zero-order chi connectivity index (χ0) is 13.0. The largest absolute Gasteiger partial charge is 0.302 e. The van der Waals surface area contributed by atoms with Crippen molar-refractivity contribution in [1.29, 1.82) is 0 Å². The summed E-state index contributed by atoms with van der Waals surface area (Å²) < 4.78 is 0. The standard InChI is InChI=1S/C14H18N2S2/c1-10(12-4-6-13(17-3)7-5-12)16-11(2)14-8-18-9-15-14/h4-11,16H,1-3H3. The van der Waals surface area contributed by atoms with Crippen molar-refractivity contribution in [3.63, 3.8) is 0 Å². The topological polar surface area (TPSA) is 24.9 Å². The molecule has 1 aromatic carbocycles. The lowest BCUT2D eigenvalue weighted by atomic mass is 10.1. The van der Waals surface area contributed by atoms with Gasteiger partial charge in [-0.05, 0) is 37.8 Å². The van der Waals surface area contributed by atoms with Crippen LogP contribution >= 0.6 is 23.1 Å². The molecule has 0 saturated carbocycles. The number of aromatic nitrogens is 1. The Morgan fingerprint density at radius 2 is 1.89 bits per heavy atom. The number of thiazole rings is 1. The Kier molecular flexibility index (Phi) is 4.80. The van der Waals surface area contributed by atoms with E-state index in [1.165, 1.54) is 10.5 Å². The minimum absolute atomic E-state index is 0.284. The third-order valence-corrected chi connectivity index (χ3v) is 4.36. The van der Waals surface area contributed by atoms with E-state index in [0.29, 0.717) is 6.04 Å². The first-order valence-corrected chi connectivity index (χ1v) is 8.15. The van der Waals surface area contributed by atoms with Crippen LogP contribution in [-0.4, -0.2) is 11.2 Å². The van der Waals surface area contributed by atoms with Crippen LogP contribution in [0.5, 0.6) is 0 Å². The summed E-state index contributed by atoms with van der Waals surface area (Å²) in [5, 5.41) is 5.67. The van der Waals surface area contributed by atoms with Gasteiger partial charge in [-0.2, -0.15) is 0 Å². The van der Waals surface area contributed by atoms with Crippen molar-refractivity contribution in [3.8, 4) is 0 Å². The Labute approximate surface area is 117 Å². The van der Waals surface area contributed by atoms with E-state index in [4.69, 9.17) is 0 Å². The predicted molar refractivity (Wildman–Crippen MR) is 80.3 cm³/mol. The number of hydrogen-bond donors (Lipinski definition) is 1. The van der Waals surface area contributed by atoms with E-state index in [2.05, 4.69) is 60.0 Å². The van der Waals surface area contributed by atoms with Gasteiger partial charge in [-0.3, -0.25) is 0 Å². The van der Waals surface area contributed by atoms with Crippen molar-refractivity contribution in [2.24, 2.45) is 0 Å². The molecule has 2 nitrogen and oxygen atoms in total. The molecule has 0 spiro atoms. The van der Waals surface area contributed by atoms with Crippen LogP contribution in [0.3, 0.4) is 0 Å². The molecule has 1 aromatic heterocycles. The Hall–Kier alpha value is -0.840. The van der Waals surface area contributed by atoms with Crippen LogP contribution in [0.2, 0.25) is 0 Å². The summed E-state index contributed by atoms with van der Waals surface area (Å²) in [5.74, 6) is 0. The zero-order valence-corrected chi connectivity index (χ0v) is 12.5. The van der Waals surface area contributed by atoms with Gasteiger partial charge < -0.3 is 5.32 Å². The average Bonchev–Trinajstić information content (AvgIpc) is 2.92. The SMILES string of the molecule is CSc1ccc(C(C)NC(C)c2cscn2)cc1. The van der Waals surface area contributed by atoms with Gasteiger partial charge in [0.1, 0.15) is 0 Å². The smallest absolute Gasteiger partial charge is 0.0795 e. The van der Waals surface area contributed by atoms with E-state index < -0.39 is 0 Å². The highest BCUT2D eigenvalue weighted by atomic mass is 32.2. The van der Waals surface area contributed by atoms with E-state index in [1.807, 2.05) is 5.51 Å². The van der Waals surface area contributed by atoms with Crippen LogP contribution in [0.15, 0.2) is 40.1 Å². The summed E-state index contributed by atoms with van der Waals surface area (Å²) in [7, 11) is 0. The first-order valence-electron chi connectivity index (χ1n) is 5.99. The molecule has 0 saturated heterocycles. The van der Waals surface area contributed by atoms with Gasteiger partial charge in [-0.15, -0.1) is 23.1 Å². The summed E-state index contributed by atoms with van der Waals surface area (Å²) >= 11 is 3.41. The molecular weight excluding hydrogens is 260 g/mol. The van der Waals surface area contributed by atoms with Crippen molar-refractivity contribution in [1.82, 2.24) is 10.3 Å². The van der Waals surface area contributed by atoms with Gasteiger partial charge in [-0.25, -0.2) is 4.98 Å². The fourth-order valence-corrected chi connectivity index (χ4v) is 2.94. The molecule has 0 aliphatic heterocycles. The third kappa shape index (κ3) is 3.34. The second kappa shape index (κ2) is 6.36. The third-order valence-electron chi connectivity index (χ3n) is 3.01. The Bertz CT molecular complexity index is 465. The fourth-order valence-electron chi connectivity index (χ4n) is 1.88. The molecule has 0 fully saturated rings. The zero-order valence-electron chi connectivity index (χ0n) is 10.9. The molecule has 0 radical (unpaired) electrons. The number of nitrogens with zero attached hydrogens (tertiary/aromatic N) is 1. The van der Waals surface area contributed by atoms with Gasteiger partial charge in [0.15, 0.2) is 0 Å². The molecule has 2 unspecified atom stereocenters. The van der Waals surface area contributed by atoms with E-state index in [9.17, 15) is 0 Å². The molecule has 96 valence electrons.